The van der Waals surface area contributed by atoms with Crippen LogP contribution in [0.1, 0.15) is 75.9 Å². The third-order valence-electron chi connectivity index (χ3n) is 7.74. The molecular formula is C31H37KN4O3. The van der Waals surface area contributed by atoms with E-state index in [1.165, 1.54) is 32.1 Å². The Labute approximate surface area is 273 Å². The Bertz CT molecular complexity index is 1500. The van der Waals surface area contributed by atoms with Crippen LogP contribution in [0.3, 0.4) is 0 Å². The van der Waals surface area contributed by atoms with E-state index in [1.54, 1.807) is 0 Å². The van der Waals surface area contributed by atoms with Crippen molar-refractivity contribution in [1.82, 2.24) is 19.7 Å². The van der Waals surface area contributed by atoms with Crippen molar-refractivity contribution in [3.8, 4) is 22.5 Å². The molecule has 2 heterocycles. The van der Waals surface area contributed by atoms with Crippen LogP contribution in [0.5, 0.6) is 0 Å². The van der Waals surface area contributed by atoms with Gasteiger partial charge in [-0.15, -0.1) is 0 Å². The van der Waals surface area contributed by atoms with E-state index in [0.717, 1.165) is 65.1 Å². The Morgan fingerprint density at radius 1 is 1.03 bits per heavy atom. The molecule has 7 nitrogen and oxygen atoms in total. The number of hydrogen-bond donors (Lipinski definition) is 1. The van der Waals surface area contributed by atoms with E-state index in [-0.39, 0.29) is 58.4 Å². The molecule has 5 rings (SSSR count). The molecule has 0 aliphatic heterocycles. The standard InChI is InChI=1S/C31H36N4O3.K.H/c1-3-4-14-28-27(30(36)35(21(2)32-28)20-23-10-6-5-7-11-23)19-22-15-17-24(18-16-22)25-12-8-9-13-26(25)29-33-31(37)38-34-29;;/h8-9,12-13,15-18,23H,3-7,10-11,14,19-20H2,1-2H3,(H,33,34,37);;/q;+1;-1. The Kier molecular flexibility index (Phi) is 10.7. The first kappa shape index (κ1) is 29.9. The van der Waals surface area contributed by atoms with Gasteiger partial charge >= 0.3 is 57.1 Å². The summed E-state index contributed by atoms with van der Waals surface area (Å²) in [6.45, 7) is 4.93. The third kappa shape index (κ3) is 7.16. The van der Waals surface area contributed by atoms with Gasteiger partial charge in [0, 0.05) is 24.1 Å². The number of rotatable bonds is 9. The first-order valence-electron chi connectivity index (χ1n) is 13.9. The fraction of sp³-hybridized carbons (Fsp3) is 0.419. The quantitative estimate of drug-likeness (QED) is 0.322. The van der Waals surface area contributed by atoms with Crippen molar-refractivity contribution in [3.63, 3.8) is 0 Å². The molecule has 0 radical (unpaired) electrons. The van der Waals surface area contributed by atoms with Gasteiger partial charge in [-0.3, -0.25) is 18.9 Å². The van der Waals surface area contributed by atoms with Crippen LogP contribution in [-0.2, 0) is 19.4 Å². The number of nitrogens with zero attached hydrogens (tertiary/aromatic N) is 3. The van der Waals surface area contributed by atoms with Gasteiger partial charge in [-0.2, -0.15) is 0 Å². The van der Waals surface area contributed by atoms with E-state index in [9.17, 15) is 9.59 Å². The molecule has 4 aromatic rings. The van der Waals surface area contributed by atoms with E-state index in [1.807, 2.05) is 35.8 Å². The maximum atomic E-state index is 13.8. The van der Waals surface area contributed by atoms with Crippen molar-refractivity contribution in [2.75, 3.05) is 0 Å². The molecule has 1 N–H and O–H groups in total. The first-order chi connectivity index (χ1) is 18.5. The number of aromatic amines is 1. The van der Waals surface area contributed by atoms with Gasteiger partial charge in [0.1, 0.15) is 5.82 Å². The van der Waals surface area contributed by atoms with Gasteiger partial charge in [0.2, 0.25) is 0 Å². The largest absolute Gasteiger partial charge is 1.00 e. The molecule has 1 fully saturated rings. The minimum atomic E-state index is -0.579. The summed E-state index contributed by atoms with van der Waals surface area (Å²) in [6, 6.07) is 16.0. The maximum Gasteiger partial charge on any atom is 1.00 e. The topological polar surface area (TPSA) is 93.8 Å². The van der Waals surface area contributed by atoms with Crippen LogP contribution >= 0.6 is 0 Å². The van der Waals surface area contributed by atoms with E-state index >= 15 is 0 Å². The Morgan fingerprint density at radius 2 is 1.74 bits per heavy atom. The van der Waals surface area contributed by atoms with Crippen molar-refractivity contribution in [2.45, 2.75) is 78.2 Å². The first-order valence-corrected chi connectivity index (χ1v) is 13.9. The molecule has 2 aromatic heterocycles. The second-order valence-electron chi connectivity index (χ2n) is 10.5. The molecule has 39 heavy (non-hydrogen) atoms. The third-order valence-corrected chi connectivity index (χ3v) is 7.74. The van der Waals surface area contributed by atoms with Crippen molar-refractivity contribution >= 4 is 0 Å². The van der Waals surface area contributed by atoms with Crippen LogP contribution in [0, 0.1) is 12.8 Å². The molecule has 1 aliphatic carbocycles. The summed E-state index contributed by atoms with van der Waals surface area (Å²) in [5, 5.41) is 3.86. The van der Waals surface area contributed by atoms with Crippen LogP contribution in [0.2, 0.25) is 0 Å². The summed E-state index contributed by atoms with van der Waals surface area (Å²) in [5.74, 6) is 1.23. The van der Waals surface area contributed by atoms with Crippen LogP contribution < -0.4 is 62.7 Å². The summed E-state index contributed by atoms with van der Waals surface area (Å²) < 4.78 is 6.65. The van der Waals surface area contributed by atoms with Crippen LogP contribution in [0.15, 0.2) is 62.6 Å². The zero-order valence-corrected chi connectivity index (χ0v) is 26.5. The van der Waals surface area contributed by atoms with E-state index in [4.69, 9.17) is 9.51 Å². The van der Waals surface area contributed by atoms with Gasteiger partial charge in [0.05, 0.1) is 5.69 Å². The average Bonchev–Trinajstić information content (AvgIpc) is 3.38. The van der Waals surface area contributed by atoms with Crippen molar-refractivity contribution in [1.29, 1.82) is 0 Å². The molecule has 8 heteroatoms. The van der Waals surface area contributed by atoms with Crippen molar-refractivity contribution in [3.05, 3.63) is 92.1 Å². The number of H-pyrrole nitrogens is 1. The van der Waals surface area contributed by atoms with Crippen LogP contribution in [0.25, 0.3) is 22.5 Å². The summed E-state index contributed by atoms with van der Waals surface area (Å²) >= 11 is 0. The number of aryl methyl sites for hydroxylation is 2. The summed E-state index contributed by atoms with van der Waals surface area (Å²) in [4.78, 5) is 32.9. The molecule has 0 amide bonds. The number of aromatic nitrogens is 4. The van der Waals surface area contributed by atoms with E-state index in [0.29, 0.717) is 18.2 Å². The Balaban J connectivity index is 0.00000220. The Hall–Kier alpha value is -2.10. The monoisotopic (exact) mass is 552 g/mol. The number of hydrogen-bond acceptors (Lipinski definition) is 5. The Morgan fingerprint density at radius 3 is 2.41 bits per heavy atom. The normalized spacial score (nSPS) is 13.8. The molecular weight excluding hydrogens is 515 g/mol. The summed E-state index contributed by atoms with van der Waals surface area (Å²) in [6.07, 6.45) is 9.70. The predicted octanol–water partition coefficient (Wildman–Crippen LogP) is 3.19. The fourth-order valence-electron chi connectivity index (χ4n) is 5.62. The smallest absolute Gasteiger partial charge is 1.00 e. The molecule has 200 valence electrons. The van der Waals surface area contributed by atoms with Gasteiger partial charge in [0.15, 0.2) is 5.82 Å². The van der Waals surface area contributed by atoms with Crippen molar-refractivity contribution < 1.29 is 57.3 Å². The zero-order valence-electron chi connectivity index (χ0n) is 24.3. The zero-order chi connectivity index (χ0) is 26.5. The molecule has 0 unspecified atom stereocenters. The van der Waals surface area contributed by atoms with Crippen molar-refractivity contribution in [2.24, 2.45) is 5.92 Å². The second-order valence-corrected chi connectivity index (χ2v) is 10.5. The average molecular weight is 553 g/mol. The molecule has 0 saturated heterocycles. The minimum Gasteiger partial charge on any atom is -1.00 e. The molecule has 2 aromatic carbocycles. The fourth-order valence-corrected chi connectivity index (χ4v) is 5.62. The molecule has 1 aliphatic rings. The molecule has 0 atom stereocenters. The van der Waals surface area contributed by atoms with Gasteiger partial charge in [-0.05, 0) is 55.2 Å². The second kappa shape index (κ2) is 14.0. The predicted molar refractivity (Wildman–Crippen MR) is 150 cm³/mol. The molecule has 0 spiro atoms. The van der Waals surface area contributed by atoms with Gasteiger partial charge in [-0.1, -0.05) is 86.3 Å². The van der Waals surface area contributed by atoms with Gasteiger partial charge < -0.3 is 1.43 Å². The number of benzene rings is 2. The van der Waals surface area contributed by atoms with E-state index in [2.05, 4.69) is 41.3 Å². The summed E-state index contributed by atoms with van der Waals surface area (Å²) in [7, 11) is 0. The SMILES string of the molecule is CCCCc1nc(C)n(CC2CCCCC2)c(=O)c1Cc1ccc(-c2ccccc2-c2noc(=O)[nH]2)cc1.[H-].[K+]. The van der Waals surface area contributed by atoms with E-state index < -0.39 is 5.76 Å². The number of unbranched alkanes of at least 4 members (excludes halogenated alkanes) is 1. The van der Waals surface area contributed by atoms with Gasteiger partial charge in [0.25, 0.3) is 5.56 Å². The van der Waals surface area contributed by atoms with Crippen LogP contribution in [0.4, 0.5) is 0 Å². The number of nitrogens with one attached hydrogen (secondary N) is 1. The summed E-state index contributed by atoms with van der Waals surface area (Å²) in [5.41, 5.74) is 5.70. The minimum absolute atomic E-state index is 0. The van der Waals surface area contributed by atoms with Gasteiger partial charge in [-0.25, -0.2) is 9.78 Å². The maximum absolute atomic E-state index is 13.8. The van der Waals surface area contributed by atoms with Crippen LogP contribution in [-0.4, -0.2) is 19.7 Å². The molecule has 1 saturated carbocycles. The molecule has 0 bridgehead atoms.